The van der Waals surface area contributed by atoms with Gasteiger partial charge in [-0.25, -0.2) is 0 Å². The lowest BCUT2D eigenvalue weighted by Gasteiger charge is -2.29. The van der Waals surface area contributed by atoms with E-state index in [1.54, 1.807) is 12.1 Å². The monoisotopic (exact) mass is 671 g/mol. The Balaban J connectivity index is 0.000000480. The minimum absolute atomic E-state index is 0.0666. The molecule has 48 heavy (non-hydrogen) atoms. The van der Waals surface area contributed by atoms with E-state index >= 15 is 0 Å². The summed E-state index contributed by atoms with van der Waals surface area (Å²) in [6.45, 7) is 28.2. The summed E-state index contributed by atoms with van der Waals surface area (Å²) >= 11 is 0. The molecule has 0 aromatic heterocycles. The van der Waals surface area contributed by atoms with Crippen LogP contribution in [-0.4, -0.2) is 52.2 Å². The number of hydrogen-bond acceptors (Lipinski definition) is 5. The van der Waals surface area contributed by atoms with Crippen LogP contribution in [0.4, 0.5) is 17.1 Å². The van der Waals surface area contributed by atoms with Crippen LogP contribution in [0.3, 0.4) is 0 Å². The topological polar surface area (TPSA) is 64.1 Å². The Morgan fingerprint density at radius 2 is 0.792 bits per heavy atom. The average Bonchev–Trinajstić information content (AvgIpc) is 3.05. The molecule has 0 atom stereocenters. The van der Waals surface area contributed by atoms with Gasteiger partial charge in [-0.15, -0.1) is 0 Å². The average molecular weight is 672 g/mol. The molecule has 1 N–H and O–H groups in total. The predicted octanol–water partition coefficient (Wildman–Crippen LogP) is 9.57. The first-order chi connectivity index (χ1) is 22.8. The lowest BCUT2D eigenvalue weighted by molar-refractivity contribution is 0.483. The third kappa shape index (κ3) is 9.42. The van der Waals surface area contributed by atoms with Gasteiger partial charge in [0.25, 0.3) is 10.1 Å². The van der Waals surface area contributed by atoms with Crippen LogP contribution >= 0.6 is 0 Å². The number of nitrogens with zero attached hydrogens (tertiary/aromatic N) is 3. The molecule has 0 unspecified atom stereocenters. The molecule has 260 valence electrons. The third-order valence-corrected chi connectivity index (χ3v) is 10.3. The van der Waals surface area contributed by atoms with Crippen molar-refractivity contribution in [3.63, 3.8) is 0 Å². The Morgan fingerprint density at radius 3 is 1.02 bits per heavy atom. The molecular formula is C41H57N3O3S. The van der Waals surface area contributed by atoms with Gasteiger partial charge in [0.2, 0.25) is 0 Å². The molecular weight excluding hydrogens is 615 g/mol. The van der Waals surface area contributed by atoms with Gasteiger partial charge in [-0.05, 0) is 151 Å². The van der Waals surface area contributed by atoms with Gasteiger partial charge in [0, 0.05) is 62.2 Å². The second kappa shape index (κ2) is 17.5. The van der Waals surface area contributed by atoms with E-state index in [-0.39, 0.29) is 10.8 Å². The standard InChI is InChI=1S/C34H49N3.C7H8O3S/c1-10-35(11-2)28-16-19-31(25(7)22-28)34(32-20-17-29(23-26(32)8)36(12-3)13-4)33-21-18-30(24-27(33)9)37(14-5)15-6;1-6-2-4-7(5-3-6)11(8,9)10/h16-24,34H,10-15H2,1-9H3;2-5H,1H3,(H,8,9,10). The summed E-state index contributed by atoms with van der Waals surface area (Å²) < 4.78 is 29.6. The smallest absolute Gasteiger partial charge is 0.294 e. The van der Waals surface area contributed by atoms with Crippen LogP contribution in [0.15, 0.2) is 83.8 Å². The van der Waals surface area contributed by atoms with Gasteiger partial charge in [0.1, 0.15) is 0 Å². The summed E-state index contributed by atoms with van der Waals surface area (Å²) in [5, 5.41) is 0. The van der Waals surface area contributed by atoms with Crippen molar-refractivity contribution in [2.24, 2.45) is 0 Å². The van der Waals surface area contributed by atoms with E-state index in [9.17, 15) is 8.42 Å². The van der Waals surface area contributed by atoms with E-state index in [2.05, 4.69) is 132 Å². The highest BCUT2D eigenvalue weighted by Crippen LogP contribution is 2.40. The Kier molecular flexibility index (Phi) is 14.1. The Bertz CT molecular complexity index is 1580. The normalized spacial score (nSPS) is 11.2. The van der Waals surface area contributed by atoms with E-state index in [4.69, 9.17) is 4.55 Å². The van der Waals surface area contributed by atoms with Gasteiger partial charge in [-0.3, -0.25) is 4.55 Å². The lowest BCUT2D eigenvalue weighted by atomic mass is 9.79. The molecule has 0 fully saturated rings. The fourth-order valence-corrected chi connectivity index (χ4v) is 7.00. The summed E-state index contributed by atoms with van der Waals surface area (Å²) in [5.74, 6) is 0.197. The zero-order chi connectivity index (χ0) is 35.6. The molecule has 4 aromatic rings. The van der Waals surface area contributed by atoms with Crippen molar-refractivity contribution in [1.82, 2.24) is 0 Å². The van der Waals surface area contributed by atoms with Crippen LogP contribution in [0.25, 0.3) is 0 Å². The van der Waals surface area contributed by atoms with Gasteiger partial charge in [-0.2, -0.15) is 8.42 Å². The van der Waals surface area contributed by atoms with Crippen molar-refractivity contribution in [1.29, 1.82) is 0 Å². The van der Waals surface area contributed by atoms with Crippen LogP contribution < -0.4 is 14.7 Å². The second-order valence-corrected chi connectivity index (χ2v) is 13.8. The van der Waals surface area contributed by atoms with Crippen molar-refractivity contribution in [2.45, 2.75) is 80.1 Å². The van der Waals surface area contributed by atoms with E-state index < -0.39 is 10.1 Å². The molecule has 0 saturated heterocycles. The zero-order valence-electron chi connectivity index (χ0n) is 30.8. The maximum atomic E-state index is 10.5. The minimum atomic E-state index is -4.02. The highest BCUT2D eigenvalue weighted by Gasteiger charge is 2.24. The van der Waals surface area contributed by atoms with Crippen molar-refractivity contribution < 1.29 is 13.0 Å². The fourth-order valence-electron chi connectivity index (χ4n) is 6.52. The maximum absolute atomic E-state index is 10.5. The van der Waals surface area contributed by atoms with Crippen LogP contribution in [-0.2, 0) is 10.1 Å². The van der Waals surface area contributed by atoms with Gasteiger partial charge < -0.3 is 14.7 Å². The van der Waals surface area contributed by atoms with E-state index in [0.29, 0.717) is 0 Å². The van der Waals surface area contributed by atoms with Crippen molar-refractivity contribution in [3.05, 3.63) is 118 Å². The highest BCUT2D eigenvalue weighted by molar-refractivity contribution is 7.85. The van der Waals surface area contributed by atoms with Gasteiger partial charge in [0.05, 0.1) is 4.90 Å². The Labute approximate surface area is 291 Å². The van der Waals surface area contributed by atoms with Gasteiger partial charge >= 0.3 is 0 Å². The molecule has 0 aliphatic rings. The van der Waals surface area contributed by atoms with Crippen LogP contribution in [0.2, 0.25) is 0 Å². The highest BCUT2D eigenvalue weighted by atomic mass is 32.2. The molecule has 4 aromatic carbocycles. The third-order valence-electron chi connectivity index (χ3n) is 9.40. The molecule has 0 aliphatic carbocycles. The van der Waals surface area contributed by atoms with Gasteiger partial charge in [0.15, 0.2) is 0 Å². The molecule has 7 heteroatoms. The first-order valence-corrected chi connectivity index (χ1v) is 18.9. The quantitative estimate of drug-likeness (QED) is 0.113. The van der Waals surface area contributed by atoms with Crippen molar-refractivity contribution in [2.75, 3.05) is 54.0 Å². The summed E-state index contributed by atoms with van der Waals surface area (Å²) in [6.07, 6.45) is 0. The van der Waals surface area contributed by atoms with Crippen LogP contribution in [0.1, 0.15) is 86.4 Å². The van der Waals surface area contributed by atoms with E-state index in [1.165, 1.54) is 62.6 Å². The number of hydrogen-bond donors (Lipinski definition) is 1. The lowest BCUT2D eigenvalue weighted by Crippen LogP contribution is -2.23. The van der Waals surface area contributed by atoms with E-state index in [1.807, 2.05) is 6.92 Å². The zero-order valence-corrected chi connectivity index (χ0v) is 31.7. The summed E-state index contributed by atoms with van der Waals surface area (Å²) in [5.41, 5.74) is 13.1. The molecule has 0 radical (unpaired) electrons. The SMILES string of the molecule is CCN(CC)c1ccc(C(c2ccc(N(CC)CC)cc2C)c2ccc(N(CC)CC)cc2C)c(C)c1.Cc1ccc(S(=O)(=O)O)cc1. The maximum Gasteiger partial charge on any atom is 0.294 e. The Morgan fingerprint density at radius 1 is 0.500 bits per heavy atom. The Hall–Kier alpha value is -3.81. The second-order valence-electron chi connectivity index (χ2n) is 12.4. The van der Waals surface area contributed by atoms with Crippen LogP contribution in [0, 0.1) is 27.7 Å². The summed E-state index contributed by atoms with van der Waals surface area (Å²) in [4.78, 5) is 7.23. The first-order valence-electron chi connectivity index (χ1n) is 17.4. The molecule has 0 heterocycles. The number of benzene rings is 4. The number of anilines is 3. The summed E-state index contributed by atoms with van der Waals surface area (Å²) in [6, 6.07) is 27.2. The molecule has 0 amide bonds. The summed E-state index contributed by atoms with van der Waals surface area (Å²) in [7, 11) is -4.02. The number of aryl methyl sites for hydroxylation is 4. The molecule has 4 rings (SSSR count). The largest absolute Gasteiger partial charge is 0.372 e. The molecule has 0 bridgehead atoms. The van der Waals surface area contributed by atoms with E-state index in [0.717, 1.165) is 44.8 Å². The molecule has 0 spiro atoms. The first kappa shape index (κ1) is 38.6. The number of rotatable bonds is 13. The molecule has 6 nitrogen and oxygen atoms in total. The molecule has 0 saturated carbocycles. The fraction of sp³-hybridized carbons (Fsp3) is 0.415. The minimum Gasteiger partial charge on any atom is -0.372 e. The predicted molar refractivity (Wildman–Crippen MR) is 206 cm³/mol. The van der Waals surface area contributed by atoms with Crippen LogP contribution in [0.5, 0.6) is 0 Å². The van der Waals surface area contributed by atoms with Crippen molar-refractivity contribution in [3.8, 4) is 0 Å². The van der Waals surface area contributed by atoms with Crippen molar-refractivity contribution >= 4 is 27.2 Å². The molecule has 0 aliphatic heterocycles. The van der Waals surface area contributed by atoms with Gasteiger partial charge in [-0.1, -0.05) is 35.9 Å².